The highest BCUT2D eigenvalue weighted by Crippen LogP contribution is 2.20. The lowest BCUT2D eigenvalue weighted by Gasteiger charge is -2.09. The van der Waals surface area contributed by atoms with Crippen LogP contribution < -0.4 is 5.32 Å². The summed E-state index contributed by atoms with van der Waals surface area (Å²) in [6.45, 7) is 3.35. The number of benzene rings is 1. The van der Waals surface area contributed by atoms with Crippen molar-refractivity contribution in [1.82, 2.24) is 0 Å². The van der Waals surface area contributed by atoms with Crippen molar-refractivity contribution >= 4 is 17.3 Å². The molecule has 0 saturated heterocycles. The van der Waals surface area contributed by atoms with Crippen LogP contribution in [0, 0.1) is 6.92 Å². The van der Waals surface area contributed by atoms with Gasteiger partial charge in [0.2, 0.25) is 0 Å². The molecule has 0 amide bonds. The second-order valence-electron chi connectivity index (χ2n) is 4.02. The molecule has 0 aliphatic rings. The van der Waals surface area contributed by atoms with Crippen molar-refractivity contribution < 1.29 is 5.11 Å². The summed E-state index contributed by atoms with van der Waals surface area (Å²) in [6, 6.07) is 5.89. The Morgan fingerprint density at radius 1 is 1.19 bits per heavy atom. The van der Waals surface area contributed by atoms with E-state index in [1.165, 1.54) is 5.56 Å². The van der Waals surface area contributed by atoms with Gasteiger partial charge in [0.15, 0.2) is 0 Å². The Morgan fingerprint density at radius 3 is 2.69 bits per heavy atom. The van der Waals surface area contributed by atoms with Gasteiger partial charge in [-0.15, -0.1) is 0 Å². The summed E-state index contributed by atoms with van der Waals surface area (Å²) >= 11 is 5.93. The van der Waals surface area contributed by atoms with Crippen LogP contribution in [0.1, 0.15) is 31.2 Å². The summed E-state index contributed by atoms with van der Waals surface area (Å²) in [5, 5.41) is 12.8. The van der Waals surface area contributed by atoms with Gasteiger partial charge in [0.05, 0.1) is 0 Å². The summed E-state index contributed by atoms with van der Waals surface area (Å²) < 4.78 is 0. The van der Waals surface area contributed by atoms with Gasteiger partial charge in [-0.3, -0.25) is 0 Å². The third-order valence-electron chi connectivity index (χ3n) is 2.60. The van der Waals surface area contributed by atoms with Crippen molar-refractivity contribution in [1.29, 1.82) is 0 Å². The van der Waals surface area contributed by atoms with Gasteiger partial charge < -0.3 is 10.4 Å². The zero-order chi connectivity index (χ0) is 11.8. The predicted molar refractivity (Wildman–Crippen MR) is 70.2 cm³/mol. The van der Waals surface area contributed by atoms with Crippen LogP contribution in [-0.4, -0.2) is 18.3 Å². The lowest BCUT2D eigenvalue weighted by molar-refractivity contribution is 0.283. The maximum Gasteiger partial charge on any atom is 0.0431 e. The number of hydrogen-bond donors (Lipinski definition) is 2. The van der Waals surface area contributed by atoms with E-state index in [4.69, 9.17) is 16.7 Å². The third-order valence-corrected chi connectivity index (χ3v) is 2.84. The molecule has 1 aromatic carbocycles. The van der Waals surface area contributed by atoms with E-state index in [9.17, 15) is 0 Å². The van der Waals surface area contributed by atoms with Crippen LogP contribution >= 0.6 is 11.6 Å². The molecule has 1 aromatic rings. The van der Waals surface area contributed by atoms with Crippen molar-refractivity contribution in [3.8, 4) is 0 Å². The highest BCUT2D eigenvalue weighted by molar-refractivity contribution is 6.30. The highest BCUT2D eigenvalue weighted by Gasteiger charge is 1.98. The summed E-state index contributed by atoms with van der Waals surface area (Å²) in [7, 11) is 0. The number of halogens is 1. The molecular formula is C13H20ClNO. The molecule has 0 aromatic heterocycles. The maximum absolute atomic E-state index is 8.64. The Kier molecular flexibility index (Phi) is 6.27. The zero-order valence-electron chi connectivity index (χ0n) is 9.80. The minimum absolute atomic E-state index is 0.306. The van der Waals surface area contributed by atoms with Crippen LogP contribution in [0.3, 0.4) is 0 Å². The van der Waals surface area contributed by atoms with Gasteiger partial charge >= 0.3 is 0 Å². The number of nitrogens with one attached hydrogen (secondary N) is 1. The van der Waals surface area contributed by atoms with Crippen LogP contribution in [0.5, 0.6) is 0 Å². The molecule has 2 N–H and O–H groups in total. The van der Waals surface area contributed by atoms with Gasteiger partial charge in [-0.25, -0.2) is 0 Å². The summed E-state index contributed by atoms with van der Waals surface area (Å²) in [5.74, 6) is 0. The highest BCUT2D eigenvalue weighted by atomic mass is 35.5. The van der Waals surface area contributed by atoms with Crippen molar-refractivity contribution in [3.05, 3.63) is 28.8 Å². The first-order chi connectivity index (χ1) is 7.74. The second kappa shape index (κ2) is 7.53. The molecule has 90 valence electrons. The average Bonchev–Trinajstić information content (AvgIpc) is 2.28. The Morgan fingerprint density at radius 2 is 1.94 bits per heavy atom. The minimum atomic E-state index is 0.306. The molecule has 2 nitrogen and oxygen atoms in total. The monoisotopic (exact) mass is 241 g/mol. The van der Waals surface area contributed by atoms with Crippen molar-refractivity contribution in [2.75, 3.05) is 18.5 Å². The number of hydrogen-bond acceptors (Lipinski definition) is 2. The molecule has 0 unspecified atom stereocenters. The summed E-state index contributed by atoms with van der Waals surface area (Å²) in [6.07, 6.45) is 4.31. The number of aliphatic hydroxyl groups excluding tert-OH is 1. The van der Waals surface area contributed by atoms with E-state index in [2.05, 4.69) is 12.2 Å². The largest absolute Gasteiger partial charge is 0.396 e. The predicted octanol–water partition coefficient (Wildman–Crippen LogP) is 3.61. The Hall–Kier alpha value is -0.730. The molecule has 0 atom stereocenters. The van der Waals surface area contributed by atoms with Gasteiger partial charge in [0, 0.05) is 23.9 Å². The fourth-order valence-corrected chi connectivity index (χ4v) is 1.77. The molecule has 1 rings (SSSR count). The summed E-state index contributed by atoms with van der Waals surface area (Å²) in [5.41, 5.74) is 2.34. The molecule has 3 heteroatoms. The molecule has 0 radical (unpaired) electrons. The van der Waals surface area contributed by atoms with Crippen LogP contribution in [0.25, 0.3) is 0 Å². The number of anilines is 1. The van der Waals surface area contributed by atoms with Crippen LogP contribution in [0.15, 0.2) is 18.2 Å². The first-order valence-corrected chi connectivity index (χ1v) is 6.22. The molecule has 0 aliphatic carbocycles. The van der Waals surface area contributed by atoms with E-state index < -0.39 is 0 Å². The molecular weight excluding hydrogens is 222 g/mol. The topological polar surface area (TPSA) is 32.3 Å². The molecule has 0 bridgehead atoms. The standard InChI is InChI=1S/C13H20ClNO/c1-11-6-7-12(14)10-13(11)15-8-4-2-3-5-9-16/h6-7,10,15-16H,2-5,8-9H2,1H3. The lowest BCUT2D eigenvalue weighted by atomic mass is 10.1. The molecule has 0 heterocycles. The minimum Gasteiger partial charge on any atom is -0.396 e. The maximum atomic E-state index is 8.64. The van der Waals surface area contributed by atoms with Gasteiger partial charge in [-0.2, -0.15) is 0 Å². The molecule has 0 fully saturated rings. The lowest BCUT2D eigenvalue weighted by Crippen LogP contribution is -2.03. The zero-order valence-corrected chi connectivity index (χ0v) is 10.6. The van der Waals surface area contributed by atoms with E-state index in [-0.39, 0.29) is 0 Å². The average molecular weight is 242 g/mol. The normalized spacial score (nSPS) is 10.4. The smallest absolute Gasteiger partial charge is 0.0431 e. The fraction of sp³-hybridized carbons (Fsp3) is 0.538. The van der Waals surface area contributed by atoms with Gasteiger partial charge in [0.25, 0.3) is 0 Å². The van der Waals surface area contributed by atoms with Gasteiger partial charge in [-0.1, -0.05) is 30.5 Å². The first kappa shape index (κ1) is 13.3. The van der Waals surface area contributed by atoms with Crippen LogP contribution in [-0.2, 0) is 0 Å². The van der Waals surface area contributed by atoms with Gasteiger partial charge in [0.1, 0.15) is 0 Å². The molecule has 0 aliphatic heterocycles. The summed E-state index contributed by atoms with van der Waals surface area (Å²) in [4.78, 5) is 0. The second-order valence-corrected chi connectivity index (χ2v) is 4.46. The molecule has 0 spiro atoms. The Bertz CT molecular complexity index is 315. The van der Waals surface area contributed by atoms with E-state index in [0.29, 0.717) is 6.61 Å². The number of aliphatic hydroxyl groups is 1. The number of unbranched alkanes of at least 4 members (excludes halogenated alkanes) is 3. The number of rotatable bonds is 7. The Labute approximate surface area is 103 Å². The quantitative estimate of drug-likeness (QED) is 0.715. The van der Waals surface area contributed by atoms with Gasteiger partial charge in [-0.05, 0) is 37.5 Å². The Balaban J connectivity index is 2.23. The van der Waals surface area contributed by atoms with E-state index in [0.717, 1.165) is 42.9 Å². The molecule has 0 saturated carbocycles. The molecule has 16 heavy (non-hydrogen) atoms. The number of aryl methyl sites for hydroxylation is 1. The van der Waals surface area contributed by atoms with E-state index in [1.807, 2.05) is 18.2 Å². The fourth-order valence-electron chi connectivity index (χ4n) is 1.60. The third kappa shape index (κ3) is 4.86. The van der Waals surface area contributed by atoms with E-state index >= 15 is 0 Å². The SMILES string of the molecule is Cc1ccc(Cl)cc1NCCCCCCO. The van der Waals surface area contributed by atoms with E-state index in [1.54, 1.807) is 0 Å². The van der Waals surface area contributed by atoms with Crippen molar-refractivity contribution in [2.45, 2.75) is 32.6 Å². The van der Waals surface area contributed by atoms with Crippen molar-refractivity contribution in [3.63, 3.8) is 0 Å². The first-order valence-electron chi connectivity index (χ1n) is 5.85. The van der Waals surface area contributed by atoms with Crippen LogP contribution in [0.2, 0.25) is 5.02 Å². The van der Waals surface area contributed by atoms with Crippen LogP contribution in [0.4, 0.5) is 5.69 Å². The van der Waals surface area contributed by atoms with Crippen molar-refractivity contribution in [2.24, 2.45) is 0 Å².